The molecule has 0 bridgehead atoms. The van der Waals surface area contributed by atoms with Crippen LogP contribution in [0.15, 0.2) is 11.4 Å². The number of hydrogen-bond acceptors (Lipinski definition) is 7. The number of carbonyl (C=O) groups is 2. The molecule has 7 nitrogen and oxygen atoms in total. The minimum Gasteiger partial charge on any atom is -0.444 e. The van der Waals surface area contributed by atoms with Crippen LogP contribution in [0.25, 0.3) is 0 Å². The summed E-state index contributed by atoms with van der Waals surface area (Å²) in [6.07, 6.45) is 3.96. The van der Waals surface area contributed by atoms with Crippen LogP contribution < -0.4 is 5.32 Å². The number of aryl methyl sites for hydroxylation is 1. The number of nitrogens with one attached hydrogen (secondary N) is 1. The molecule has 29 heavy (non-hydrogen) atoms. The lowest BCUT2D eigenvalue weighted by Gasteiger charge is -2.38. The molecule has 4 rings (SSSR count). The standard InChI is InChI=1S/C20H26N4O3S2/c1-11-22-23-18(29-11)21-17(25)12-8-16(28-10-12)14-9-15(14)24(13-6-5-7-13)19(26)27-20(2,3)4/h8,10,13-15H,5-7,9H2,1-4H3,(H,21,23,25)/t14-,15-/m1/s1. The molecule has 2 fully saturated rings. The highest BCUT2D eigenvalue weighted by Crippen LogP contribution is 2.49. The molecule has 2 aliphatic carbocycles. The fourth-order valence-electron chi connectivity index (χ4n) is 3.51. The molecule has 0 radical (unpaired) electrons. The van der Waals surface area contributed by atoms with Gasteiger partial charge in [0.2, 0.25) is 5.13 Å². The van der Waals surface area contributed by atoms with E-state index < -0.39 is 5.60 Å². The van der Waals surface area contributed by atoms with Crippen molar-refractivity contribution in [3.8, 4) is 0 Å². The van der Waals surface area contributed by atoms with Crippen LogP contribution in [-0.4, -0.2) is 44.8 Å². The Morgan fingerprint density at radius 1 is 1.28 bits per heavy atom. The van der Waals surface area contributed by atoms with Crippen molar-refractivity contribution in [2.45, 2.75) is 77.0 Å². The fraction of sp³-hybridized carbons (Fsp3) is 0.600. The first-order chi connectivity index (χ1) is 13.7. The van der Waals surface area contributed by atoms with Crippen molar-refractivity contribution in [3.05, 3.63) is 26.9 Å². The molecule has 9 heteroatoms. The summed E-state index contributed by atoms with van der Waals surface area (Å²) in [4.78, 5) is 28.4. The molecule has 2 aliphatic rings. The van der Waals surface area contributed by atoms with E-state index in [9.17, 15) is 9.59 Å². The van der Waals surface area contributed by atoms with Crippen LogP contribution in [0.3, 0.4) is 0 Å². The van der Waals surface area contributed by atoms with E-state index in [1.165, 1.54) is 11.3 Å². The van der Waals surface area contributed by atoms with E-state index >= 15 is 0 Å². The van der Waals surface area contributed by atoms with Crippen LogP contribution in [0.1, 0.15) is 72.6 Å². The molecule has 2 heterocycles. The summed E-state index contributed by atoms with van der Waals surface area (Å²) in [5.41, 5.74) is 0.122. The van der Waals surface area contributed by atoms with Crippen molar-refractivity contribution in [1.82, 2.24) is 15.1 Å². The Balaban J connectivity index is 1.42. The quantitative estimate of drug-likeness (QED) is 0.730. The number of rotatable bonds is 5. The molecule has 2 aromatic rings. The van der Waals surface area contributed by atoms with Gasteiger partial charge in [0, 0.05) is 28.3 Å². The summed E-state index contributed by atoms with van der Waals surface area (Å²) in [7, 11) is 0. The van der Waals surface area contributed by atoms with Gasteiger partial charge in [-0.25, -0.2) is 4.79 Å². The van der Waals surface area contributed by atoms with Crippen molar-refractivity contribution in [1.29, 1.82) is 0 Å². The highest BCUT2D eigenvalue weighted by Gasteiger charge is 2.50. The smallest absolute Gasteiger partial charge is 0.410 e. The van der Waals surface area contributed by atoms with Gasteiger partial charge < -0.3 is 9.64 Å². The molecule has 0 unspecified atom stereocenters. The van der Waals surface area contributed by atoms with Gasteiger partial charge in [0.05, 0.1) is 5.56 Å². The van der Waals surface area contributed by atoms with Crippen LogP contribution in [0.4, 0.5) is 9.93 Å². The lowest BCUT2D eigenvalue weighted by Crippen LogP contribution is -2.48. The average Bonchev–Trinajstić information content (AvgIpc) is 2.99. The first-order valence-electron chi connectivity index (χ1n) is 9.92. The summed E-state index contributed by atoms with van der Waals surface area (Å²) in [6.45, 7) is 7.55. The second kappa shape index (κ2) is 7.68. The lowest BCUT2D eigenvalue weighted by atomic mass is 9.91. The minimum absolute atomic E-state index is 0.163. The van der Waals surface area contributed by atoms with E-state index in [2.05, 4.69) is 15.5 Å². The van der Waals surface area contributed by atoms with E-state index in [-0.39, 0.29) is 30.0 Å². The third-order valence-corrected chi connectivity index (χ3v) is 7.00. The number of carbonyl (C=O) groups excluding carboxylic acids is 2. The predicted molar refractivity (Wildman–Crippen MR) is 114 cm³/mol. The summed E-state index contributed by atoms with van der Waals surface area (Å²) < 4.78 is 5.67. The predicted octanol–water partition coefficient (Wildman–Crippen LogP) is 4.81. The highest BCUT2D eigenvalue weighted by atomic mass is 32.1. The second-order valence-electron chi connectivity index (χ2n) is 8.70. The Labute approximate surface area is 178 Å². The Hall–Kier alpha value is -2.00. The number of nitrogens with zero attached hydrogens (tertiary/aromatic N) is 3. The minimum atomic E-state index is -0.499. The molecular formula is C20H26N4O3S2. The number of aromatic nitrogens is 2. The van der Waals surface area contributed by atoms with Gasteiger partial charge in [-0.05, 0) is 59.4 Å². The van der Waals surface area contributed by atoms with Crippen molar-refractivity contribution < 1.29 is 14.3 Å². The first kappa shape index (κ1) is 20.3. The van der Waals surface area contributed by atoms with Crippen molar-refractivity contribution in [3.63, 3.8) is 0 Å². The van der Waals surface area contributed by atoms with Gasteiger partial charge in [0.25, 0.3) is 5.91 Å². The van der Waals surface area contributed by atoms with Gasteiger partial charge in [0.15, 0.2) is 0 Å². The van der Waals surface area contributed by atoms with Gasteiger partial charge in [-0.1, -0.05) is 11.3 Å². The largest absolute Gasteiger partial charge is 0.444 e. The van der Waals surface area contributed by atoms with E-state index in [4.69, 9.17) is 4.74 Å². The van der Waals surface area contributed by atoms with Gasteiger partial charge >= 0.3 is 6.09 Å². The second-order valence-corrected chi connectivity index (χ2v) is 10.8. The van der Waals surface area contributed by atoms with Gasteiger partial charge in [0.1, 0.15) is 10.6 Å². The maximum absolute atomic E-state index is 12.8. The van der Waals surface area contributed by atoms with E-state index in [1.54, 1.807) is 11.3 Å². The van der Waals surface area contributed by atoms with Crippen LogP contribution in [-0.2, 0) is 4.74 Å². The van der Waals surface area contributed by atoms with Crippen molar-refractivity contribution in [2.75, 3.05) is 5.32 Å². The van der Waals surface area contributed by atoms with Gasteiger partial charge in [-0.15, -0.1) is 21.5 Å². The van der Waals surface area contributed by atoms with Crippen molar-refractivity contribution >= 4 is 39.8 Å². The topological polar surface area (TPSA) is 84.4 Å². The maximum Gasteiger partial charge on any atom is 0.410 e. The van der Waals surface area contributed by atoms with E-state index in [0.29, 0.717) is 10.7 Å². The number of hydrogen-bond donors (Lipinski definition) is 1. The SMILES string of the molecule is Cc1nnc(NC(=O)c2csc([C@@H]3C[C@H]3N(C(=O)OC(C)(C)C)C3CCC3)c2)s1. The molecule has 1 N–H and O–H groups in total. The van der Waals surface area contributed by atoms with Crippen LogP contribution >= 0.6 is 22.7 Å². The average molecular weight is 435 g/mol. The van der Waals surface area contributed by atoms with Gasteiger partial charge in [-0.3, -0.25) is 10.1 Å². The van der Waals surface area contributed by atoms with Crippen LogP contribution in [0.5, 0.6) is 0 Å². The molecule has 0 saturated heterocycles. The van der Waals surface area contributed by atoms with Crippen LogP contribution in [0, 0.1) is 6.92 Å². The highest BCUT2D eigenvalue weighted by molar-refractivity contribution is 7.15. The normalized spacial score (nSPS) is 21.4. The maximum atomic E-state index is 12.8. The summed E-state index contributed by atoms with van der Waals surface area (Å²) in [5.74, 6) is 0.0993. The van der Waals surface area contributed by atoms with Gasteiger partial charge in [-0.2, -0.15) is 0 Å². The summed E-state index contributed by atoms with van der Waals surface area (Å²) in [5, 5.41) is 13.8. The Morgan fingerprint density at radius 3 is 2.62 bits per heavy atom. The monoisotopic (exact) mass is 434 g/mol. The summed E-state index contributed by atoms with van der Waals surface area (Å²) >= 11 is 2.93. The molecule has 2 aromatic heterocycles. The third kappa shape index (κ3) is 4.61. The Morgan fingerprint density at radius 2 is 2.03 bits per heavy atom. The van der Waals surface area contributed by atoms with Crippen molar-refractivity contribution in [2.24, 2.45) is 0 Å². The first-order valence-corrected chi connectivity index (χ1v) is 11.6. The zero-order chi connectivity index (χ0) is 20.8. The lowest BCUT2D eigenvalue weighted by molar-refractivity contribution is 0.00410. The molecule has 2 saturated carbocycles. The van der Waals surface area contributed by atoms with E-state index in [1.807, 2.05) is 44.0 Å². The fourth-order valence-corrected chi connectivity index (χ4v) is 5.16. The zero-order valence-corrected chi connectivity index (χ0v) is 18.7. The molecule has 0 aromatic carbocycles. The molecular weight excluding hydrogens is 408 g/mol. The Bertz CT molecular complexity index is 913. The number of anilines is 1. The van der Waals surface area contributed by atoms with Crippen LogP contribution in [0.2, 0.25) is 0 Å². The summed E-state index contributed by atoms with van der Waals surface area (Å²) in [6, 6.07) is 2.38. The molecule has 0 aliphatic heterocycles. The number of ether oxygens (including phenoxy) is 1. The molecule has 0 spiro atoms. The molecule has 2 amide bonds. The molecule has 2 atom stereocenters. The van der Waals surface area contributed by atoms with E-state index in [0.717, 1.165) is 35.6 Å². The third-order valence-electron chi connectivity index (χ3n) is 5.18. The Kier molecular flexibility index (Phi) is 5.37. The number of amides is 2. The number of thiophene rings is 1. The molecule has 156 valence electrons. The zero-order valence-electron chi connectivity index (χ0n) is 17.1.